The Labute approximate surface area is 434 Å². The number of piperazine rings is 1. The van der Waals surface area contributed by atoms with Crippen molar-refractivity contribution in [2.45, 2.75) is 66.0 Å². The number of likely N-dealkylation sites (N-methyl/N-ethyl adjacent to an activating group) is 1. The number of aromatic nitrogens is 7. The van der Waals surface area contributed by atoms with Crippen LogP contribution in [0.5, 0.6) is 0 Å². The number of piperidine rings is 1. The van der Waals surface area contributed by atoms with Gasteiger partial charge in [-0.3, -0.25) is 4.40 Å². The number of aliphatic hydroxyl groups is 1. The highest BCUT2D eigenvalue weighted by Gasteiger charge is 2.27. The highest BCUT2D eigenvalue weighted by molar-refractivity contribution is 6.06. The zero-order chi connectivity index (χ0) is 51.5. The molecule has 74 heavy (non-hydrogen) atoms. The molecule has 13 nitrogen and oxygen atoms in total. The average Bonchev–Trinajstić information content (AvgIpc) is 3.96. The SMILES string of the molecule is Cc1ccc(-c2nc(N(C)C3CCN(C)CC3)c3ccccc3n2)cc1.OCCn1c2ccccc2c2nc3ccccc3nc21.[C-]#[N+]c1c(C)c(CCC(C)C)c(N2CCN(C)CC2)n2c1nc1ccccc12. The molecule has 2 fully saturated rings. The van der Waals surface area contributed by atoms with Gasteiger partial charge >= 0.3 is 0 Å². The molecule has 2 aliphatic heterocycles. The van der Waals surface area contributed by atoms with Gasteiger partial charge in [-0.2, -0.15) is 0 Å². The van der Waals surface area contributed by atoms with E-state index in [1.807, 2.05) is 65.2 Å². The number of benzene rings is 5. The predicted molar refractivity (Wildman–Crippen MR) is 305 cm³/mol. The minimum Gasteiger partial charge on any atom is -0.395 e. The van der Waals surface area contributed by atoms with Gasteiger partial charge in [0.15, 0.2) is 11.5 Å². The van der Waals surface area contributed by atoms with Crippen molar-refractivity contribution in [3.05, 3.63) is 149 Å². The lowest BCUT2D eigenvalue weighted by atomic mass is 9.98. The Morgan fingerprint density at radius 2 is 1.26 bits per heavy atom. The summed E-state index contributed by atoms with van der Waals surface area (Å²) in [5, 5.41) is 11.5. The molecule has 0 aliphatic carbocycles. The molecular formula is C61H68N12O. The number of pyridine rings is 1. The Morgan fingerprint density at radius 3 is 1.93 bits per heavy atom. The van der Waals surface area contributed by atoms with Crippen LogP contribution in [0.2, 0.25) is 0 Å². The topological polar surface area (TPSA) is 111 Å². The van der Waals surface area contributed by atoms with Gasteiger partial charge in [0.25, 0.3) is 0 Å². The van der Waals surface area contributed by atoms with Crippen molar-refractivity contribution in [3.63, 3.8) is 0 Å². The summed E-state index contributed by atoms with van der Waals surface area (Å²) < 4.78 is 4.29. The summed E-state index contributed by atoms with van der Waals surface area (Å²) in [6, 6.07) is 41.5. The van der Waals surface area contributed by atoms with E-state index >= 15 is 0 Å². The molecule has 13 heteroatoms. The van der Waals surface area contributed by atoms with Crippen LogP contribution in [0.25, 0.3) is 76.9 Å². The van der Waals surface area contributed by atoms with Crippen molar-refractivity contribution < 1.29 is 5.11 Å². The molecular weight excluding hydrogens is 917 g/mol. The van der Waals surface area contributed by atoms with Crippen molar-refractivity contribution >= 4 is 78.0 Å². The molecule has 5 aromatic heterocycles. The van der Waals surface area contributed by atoms with Crippen molar-refractivity contribution in [1.29, 1.82) is 0 Å². The first-order chi connectivity index (χ1) is 36.0. The van der Waals surface area contributed by atoms with E-state index in [-0.39, 0.29) is 6.61 Å². The Hall–Kier alpha value is -7.50. The van der Waals surface area contributed by atoms with Crippen LogP contribution in [-0.2, 0) is 13.0 Å². The molecule has 7 heterocycles. The standard InChI is InChI=1S/C23H29N5.C22H26N4.C16H13N3O/c1-16(2)10-11-18-17(3)21(24-4)22-25-19-8-6-7-9-20(19)28(22)23(18)27-14-12-26(5)13-15-27;1-16-8-10-17(11-9-16)21-23-20-7-5-4-6-19(20)22(24-21)26(3)18-12-14-25(2)15-13-18;20-10-9-19-14-8-4-1-5-11(14)15-16(19)18-13-7-3-2-6-12(13)17-15/h6-9,16H,10-15H2,1-3,5H3;4-11,18H,12-15H2,1-3H3;1-8,20H,9-10H2. The number of para-hydroxylation sites is 6. The minimum absolute atomic E-state index is 0.0856. The van der Waals surface area contributed by atoms with E-state index < -0.39 is 0 Å². The monoisotopic (exact) mass is 985 g/mol. The van der Waals surface area contributed by atoms with Gasteiger partial charge in [0, 0.05) is 62.1 Å². The van der Waals surface area contributed by atoms with Crippen LogP contribution in [-0.4, -0.2) is 122 Å². The van der Waals surface area contributed by atoms with E-state index in [9.17, 15) is 5.11 Å². The lowest BCUT2D eigenvalue weighted by molar-refractivity contribution is 0.252. The van der Waals surface area contributed by atoms with Crippen molar-refractivity contribution in [2.75, 3.05) is 76.8 Å². The van der Waals surface area contributed by atoms with Gasteiger partial charge in [0.05, 0.1) is 46.3 Å². The van der Waals surface area contributed by atoms with E-state index in [1.165, 1.54) is 29.8 Å². The van der Waals surface area contributed by atoms with Crippen molar-refractivity contribution in [1.82, 2.24) is 43.7 Å². The number of likely N-dealkylation sites (tertiary alicyclic amines) is 1. The largest absolute Gasteiger partial charge is 0.395 e. The first-order valence-corrected chi connectivity index (χ1v) is 26.2. The third kappa shape index (κ3) is 10.1. The van der Waals surface area contributed by atoms with Gasteiger partial charge in [-0.05, 0) is 126 Å². The Bertz CT molecular complexity index is 3630. The molecule has 0 saturated carbocycles. The molecule has 0 spiro atoms. The number of imidazole rings is 1. The first-order valence-electron chi connectivity index (χ1n) is 26.2. The summed E-state index contributed by atoms with van der Waals surface area (Å²) in [4.78, 5) is 37.7. The van der Waals surface area contributed by atoms with Gasteiger partial charge < -0.3 is 29.3 Å². The molecule has 0 radical (unpaired) electrons. The van der Waals surface area contributed by atoms with Crippen LogP contribution in [0.1, 0.15) is 49.8 Å². The Balaban J connectivity index is 0.000000129. The molecule has 10 aromatic rings. The summed E-state index contributed by atoms with van der Waals surface area (Å²) in [6.45, 7) is 23.6. The van der Waals surface area contributed by atoms with Crippen LogP contribution < -0.4 is 9.80 Å². The number of anilines is 2. The predicted octanol–water partition coefficient (Wildman–Crippen LogP) is 11.6. The minimum atomic E-state index is 0.0856. The maximum Gasteiger partial charge on any atom is 0.232 e. The van der Waals surface area contributed by atoms with Crippen LogP contribution in [0.4, 0.5) is 17.3 Å². The van der Waals surface area contributed by atoms with Crippen LogP contribution in [0.3, 0.4) is 0 Å². The number of fused-ring (bicyclic) bond motifs is 8. The van der Waals surface area contributed by atoms with Crippen LogP contribution >= 0.6 is 0 Å². The summed E-state index contributed by atoms with van der Waals surface area (Å²) in [5.41, 5.74) is 13.9. The van der Waals surface area contributed by atoms with Crippen LogP contribution in [0, 0.1) is 26.3 Å². The van der Waals surface area contributed by atoms with E-state index in [1.54, 1.807) is 0 Å². The number of hydrogen-bond donors (Lipinski definition) is 1. The molecule has 378 valence electrons. The molecule has 0 atom stereocenters. The summed E-state index contributed by atoms with van der Waals surface area (Å²) in [7, 11) is 6.57. The second-order valence-corrected chi connectivity index (χ2v) is 20.5. The molecule has 12 rings (SSSR count). The molecule has 0 unspecified atom stereocenters. The number of nitrogens with zero attached hydrogens (tertiary/aromatic N) is 12. The maximum atomic E-state index is 9.30. The van der Waals surface area contributed by atoms with E-state index in [4.69, 9.17) is 31.5 Å². The zero-order valence-corrected chi connectivity index (χ0v) is 44.0. The quantitative estimate of drug-likeness (QED) is 0.140. The summed E-state index contributed by atoms with van der Waals surface area (Å²) in [5.74, 6) is 3.73. The fourth-order valence-electron chi connectivity index (χ4n) is 10.7. The fraction of sp³-hybridized carbons (Fsp3) is 0.344. The molecule has 2 aliphatic rings. The van der Waals surface area contributed by atoms with E-state index in [0.717, 1.165) is 136 Å². The van der Waals surface area contributed by atoms with Gasteiger partial charge in [0.1, 0.15) is 22.8 Å². The second kappa shape index (κ2) is 21.9. The Kier molecular flexibility index (Phi) is 14.8. The van der Waals surface area contributed by atoms with Gasteiger partial charge in [-0.15, -0.1) is 0 Å². The van der Waals surface area contributed by atoms with Gasteiger partial charge in [0.2, 0.25) is 5.69 Å². The molecule has 0 bridgehead atoms. The molecule has 1 N–H and O–H groups in total. The number of aryl methyl sites for hydroxylation is 1. The van der Waals surface area contributed by atoms with Gasteiger partial charge in [-0.1, -0.05) is 98.3 Å². The highest BCUT2D eigenvalue weighted by Crippen LogP contribution is 2.39. The highest BCUT2D eigenvalue weighted by atomic mass is 16.3. The van der Waals surface area contributed by atoms with Crippen molar-refractivity contribution in [2.24, 2.45) is 5.92 Å². The molecule has 2 saturated heterocycles. The third-order valence-corrected chi connectivity index (χ3v) is 15.0. The van der Waals surface area contributed by atoms with Gasteiger partial charge in [-0.25, -0.2) is 29.8 Å². The second-order valence-electron chi connectivity index (χ2n) is 20.5. The summed E-state index contributed by atoms with van der Waals surface area (Å²) >= 11 is 0. The van der Waals surface area contributed by atoms with Crippen molar-refractivity contribution in [3.8, 4) is 11.4 Å². The normalized spacial score (nSPS) is 14.7. The fourth-order valence-corrected chi connectivity index (χ4v) is 10.7. The average molecular weight is 985 g/mol. The molecule has 5 aromatic carbocycles. The lowest BCUT2D eigenvalue weighted by Crippen LogP contribution is -2.45. The smallest absolute Gasteiger partial charge is 0.232 e. The lowest BCUT2D eigenvalue weighted by Gasteiger charge is -2.36. The zero-order valence-electron chi connectivity index (χ0n) is 44.0. The van der Waals surface area contributed by atoms with E-state index in [2.05, 4.69) is 138 Å². The number of hydrogen-bond acceptors (Lipinski definition) is 10. The maximum absolute atomic E-state index is 9.30. The van der Waals surface area contributed by atoms with E-state index in [0.29, 0.717) is 24.2 Å². The first kappa shape index (κ1) is 50.1. The summed E-state index contributed by atoms with van der Waals surface area (Å²) in [6.07, 6.45) is 4.46. The molecule has 0 amide bonds. The number of aliphatic hydroxyl groups excluding tert-OH is 1. The number of rotatable bonds is 9. The third-order valence-electron chi connectivity index (χ3n) is 15.0. The Morgan fingerprint density at radius 1 is 0.662 bits per heavy atom. The van der Waals surface area contributed by atoms with Crippen LogP contribution in [0.15, 0.2) is 121 Å².